The number of esters is 2. The lowest BCUT2D eigenvalue weighted by Gasteiger charge is -2.42. The Balaban J connectivity index is 2.02. The van der Waals surface area contributed by atoms with Gasteiger partial charge in [0.2, 0.25) is 0 Å². The molecule has 3 heterocycles. The number of aromatic nitrogens is 1. The van der Waals surface area contributed by atoms with E-state index < -0.39 is 11.8 Å². The van der Waals surface area contributed by atoms with Gasteiger partial charge in [0.1, 0.15) is 5.92 Å². The molecule has 0 saturated heterocycles. The van der Waals surface area contributed by atoms with Crippen molar-refractivity contribution in [2.24, 2.45) is 11.8 Å². The molecule has 1 aromatic carbocycles. The number of methoxy groups -OCH3 is 2. The summed E-state index contributed by atoms with van der Waals surface area (Å²) < 4.78 is 12.2. The fourth-order valence-electron chi connectivity index (χ4n) is 4.34. The Bertz CT molecular complexity index is 716. The van der Waals surface area contributed by atoms with Crippen molar-refractivity contribution in [2.75, 3.05) is 14.2 Å². The molecule has 0 amide bonds. The van der Waals surface area contributed by atoms with Gasteiger partial charge in [-0.15, -0.1) is 0 Å². The van der Waals surface area contributed by atoms with Crippen LogP contribution in [0.5, 0.6) is 0 Å². The van der Waals surface area contributed by atoms with E-state index in [0.717, 1.165) is 16.8 Å². The number of carbonyl (C=O) groups is 2. The molecule has 2 aliphatic heterocycles. The van der Waals surface area contributed by atoms with E-state index in [0.29, 0.717) is 0 Å². The van der Waals surface area contributed by atoms with E-state index in [1.807, 2.05) is 48.7 Å². The zero-order valence-corrected chi connectivity index (χ0v) is 13.5. The van der Waals surface area contributed by atoms with E-state index in [4.69, 9.17) is 9.47 Å². The van der Waals surface area contributed by atoms with Crippen LogP contribution >= 0.6 is 0 Å². The topological polar surface area (TPSA) is 56.5 Å². The fourth-order valence-corrected chi connectivity index (χ4v) is 4.34. The zero-order valence-electron chi connectivity index (χ0n) is 13.5. The van der Waals surface area contributed by atoms with Crippen LogP contribution in [-0.4, -0.2) is 26.2 Å². The van der Waals surface area contributed by atoms with E-state index in [2.05, 4.69) is 4.57 Å². The molecule has 3 aliphatic rings. The lowest BCUT2D eigenvalue weighted by Crippen LogP contribution is -2.62. The maximum absolute atomic E-state index is 12.6. The first-order valence-corrected chi connectivity index (χ1v) is 7.93. The lowest BCUT2D eigenvalue weighted by molar-refractivity contribution is -0.737. The molecule has 0 spiro atoms. The van der Waals surface area contributed by atoms with Crippen LogP contribution < -0.4 is 4.57 Å². The Kier molecular flexibility index (Phi) is 3.37. The second-order valence-electron chi connectivity index (χ2n) is 6.18. The Hall–Kier alpha value is -2.69. The quantitative estimate of drug-likeness (QED) is 0.622. The smallest absolute Gasteiger partial charge is 0.316 e. The average molecular weight is 324 g/mol. The molecule has 5 nitrogen and oxygen atoms in total. The number of pyridine rings is 1. The summed E-state index contributed by atoms with van der Waals surface area (Å²) in [4.78, 5) is 25.1. The number of rotatable bonds is 2. The Morgan fingerprint density at radius 1 is 0.875 bits per heavy atom. The zero-order chi connectivity index (χ0) is 16.8. The lowest BCUT2D eigenvalue weighted by atomic mass is 9.62. The van der Waals surface area contributed by atoms with Gasteiger partial charge in [-0.3, -0.25) is 9.59 Å². The van der Waals surface area contributed by atoms with Crippen molar-refractivity contribution in [3.8, 4) is 0 Å². The second-order valence-corrected chi connectivity index (χ2v) is 6.18. The van der Waals surface area contributed by atoms with Crippen molar-refractivity contribution in [1.82, 2.24) is 0 Å². The molecule has 0 unspecified atom stereocenters. The monoisotopic (exact) mass is 324 g/mol. The normalized spacial score (nSPS) is 26.2. The summed E-state index contributed by atoms with van der Waals surface area (Å²) in [6.45, 7) is 0. The van der Waals surface area contributed by atoms with Crippen LogP contribution in [0.3, 0.4) is 0 Å². The molecule has 5 heteroatoms. The van der Waals surface area contributed by atoms with Gasteiger partial charge in [0.05, 0.1) is 26.1 Å². The number of hydrogen-bond donors (Lipinski definition) is 0. The number of carbonyl (C=O) groups excluding carboxylic acids is 2. The highest BCUT2D eigenvalue weighted by Gasteiger charge is 2.61. The first kappa shape index (κ1) is 14.9. The molecule has 5 rings (SSSR count). The van der Waals surface area contributed by atoms with Crippen molar-refractivity contribution in [3.05, 3.63) is 65.5 Å². The molecule has 24 heavy (non-hydrogen) atoms. The van der Waals surface area contributed by atoms with Gasteiger partial charge in [0.25, 0.3) is 0 Å². The van der Waals surface area contributed by atoms with Gasteiger partial charge in [-0.05, 0) is 5.56 Å². The molecule has 0 fully saturated rings. The molecule has 2 bridgehead atoms. The van der Waals surface area contributed by atoms with Crippen LogP contribution in [0.4, 0.5) is 0 Å². The highest BCUT2D eigenvalue weighted by molar-refractivity contribution is 5.85. The Morgan fingerprint density at radius 2 is 1.50 bits per heavy atom. The van der Waals surface area contributed by atoms with Gasteiger partial charge in [0.15, 0.2) is 17.9 Å². The number of ether oxygens (including phenoxy) is 2. The van der Waals surface area contributed by atoms with Crippen molar-refractivity contribution < 1.29 is 23.6 Å². The Labute approximate surface area is 139 Å². The molecular weight excluding hydrogens is 306 g/mol. The molecule has 0 saturated carbocycles. The standard InChI is InChI=1S/C19H18NO4/c1-23-18(21)15-14-11-7-3-4-8-12(11)17(16(15)19(22)24-2)20-10-6-5-9-13(14)20/h3-10,14-17H,1-2H3/q+1/t14-,15-,16+,17-/m0/s1. The number of hydrogen-bond acceptors (Lipinski definition) is 4. The Morgan fingerprint density at radius 3 is 2.21 bits per heavy atom. The minimum atomic E-state index is -0.595. The minimum absolute atomic E-state index is 0.219. The minimum Gasteiger partial charge on any atom is -0.469 e. The predicted octanol–water partition coefficient (Wildman–Crippen LogP) is 1.60. The number of nitrogens with zero attached hydrogens (tertiary/aromatic N) is 1. The summed E-state index contributed by atoms with van der Waals surface area (Å²) in [7, 11) is 2.73. The van der Waals surface area contributed by atoms with Crippen molar-refractivity contribution in [3.63, 3.8) is 0 Å². The van der Waals surface area contributed by atoms with Crippen LogP contribution in [0.1, 0.15) is 28.8 Å². The largest absolute Gasteiger partial charge is 0.469 e. The third-order valence-corrected chi connectivity index (χ3v) is 5.22. The van der Waals surface area contributed by atoms with Gasteiger partial charge in [-0.1, -0.05) is 30.3 Å². The van der Waals surface area contributed by atoms with Crippen molar-refractivity contribution >= 4 is 11.9 Å². The molecule has 2 aromatic rings. The van der Waals surface area contributed by atoms with Crippen molar-refractivity contribution in [2.45, 2.75) is 12.0 Å². The van der Waals surface area contributed by atoms with Crippen LogP contribution in [-0.2, 0) is 19.1 Å². The molecule has 0 radical (unpaired) electrons. The van der Waals surface area contributed by atoms with Crippen molar-refractivity contribution in [1.29, 1.82) is 0 Å². The van der Waals surface area contributed by atoms with Gasteiger partial charge >= 0.3 is 11.9 Å². The van der Waals surface area contributed by atoms with Gasteiger partial charge in [0, 0.05) is 17.7 Å². The summed E-state index contributed by atoms with van der Waals surface area (Å²) in [5.74, 6) is -2.14. The predicted molar refractivity (Wildman–Crippen MR) is 84.1 cm³/mol. The van der Waals surface area contributed by atoms with Crippen LogP contribution in [0.2, 0.25) is 0 Å². The number of benzene rings is 1. The molecular formula is C19H18NO4+. The fraction of sp³-hybridized carbons (Fsp3) is 0.316. The van der Waals surface area contributed by atoms with E-state index in [-0.39, 0.29) is 23.9 Å². The van der Waals surface area contributed by atoms with E-state index in [1.165, 1.54) is 14.2 Å². The van der Waals surface area contributed by atoms with E-state index in [1.54, 1.807) is 0 Å². The number of fused-ring (bicyclic) bond motifs is 1. The summed E-state index contributed by atoms with van der Waals surface area (Å²) in [6, 6.07) is 13.6. The van der Waals surface area contributed by atoms with Gasteiger partial charge in [-0.2, -0.15) is 4.57 Å². The second kappa shape index (κ2) is 5.44. The summed E-state index contributed by atoms with van der Waals surface area (Å²) in [5.41, 5.74) is 3.18. The maximum atomic E-state index is 12.6. The summed E-state index contributed by atoms with van der Waals surface area (Å²) in [5, 5.41) is 0. The van der Waals surface area contributed by atoms with E-state index >= 15 is 0 Å². The third kappa shape index (κ3) is 1.84. The maximum Gasteiger partial charge on any atom is 0.316 e. The van der Waals surface area contributed by atoms with E-state index in [9.17, 15) is 9.59 Å². The van der Waals surface area contributed by atoms with Crippen LogP contribution in [0, 0.1) is 11.8 Å². The van der Waals surface area contributed by atoms with Gasteiger partial charge in [-0.25, -0.2) is 0 Å². The highest BCUT2D eigenvalue weighted by Crippen LogP contribution is 2.52. The van der Waals surface area contributed by atoms with Gasteiger partial charge < -0.3 is 9.47 Å². The molecule has 1 aliphatic carbocycles. The van der Waals surface area contributed by atoms with Crippen LogP contribution in [0.25, 0.3) is 0 Å². The molecule has 122 valence electrons. The molecule has 1 aromatic heterocycles. The third-order valence-electron chi connectivity index (χ3n) is 5.22. The molecule has 0 N–H and O–H groups in total. The SMILES string of the molecule is COC(=O)[C@@H]1[C@@H](C(=O)OC)[C@H]2c3ccccc3[C@@H]1[n+]1ccccc12. The first-order valence-electron chi connectivity index (χ1n) is 7.93. The average Bonchev–Trinajstić information content (AvgIpc) is 2.66. The highest BCUT2D eigenvalue weighted by atomic mass is 16.5. The summed E-state index contributed by atoms with van der Waals surface area (Å²) in [6.07, 6.45) is 1.96. The molecule has 4 atom stereocenters. The first-order chi connectivity index (χ1) is 11.7. The summed E-state index contributed by atoms with van der Waals surface area (Å²) >= 11 is 0. The van der Waals surface area contributed by atoms with Crippen LogP contribution in [0.15, 0.2) is 48.7 Å².